The van der Waals surface area contributed by atoms with Crippen molar-refractivity contribution in [1.82, 2.24) is 4.98 Å². The predicted molar refractivity (Wildman–Crippen MR) is 118 cm³/mol. The maximum atomic E-state index is 7.66. The van der Waals surface area contributed by atoms with Gasteiger partial charge in [0.2, 0.25) is 5.75 Å². The molecule has 10 heteroatoms. The number of hydrogen-bond donors (Lipinski definition) is 3. The second-order valence-electron chi connectivity index (χ2n) is 5.51. The van der Waals surface area contributed by atoms with E-state index in [2.05, 4.69) is 10.3 Å². The number of hydrogen-bond acceptors (Lipinski definition) is 9. The van der Waals surface area contributed by atoms with Crippen molar-refractivity contribution < 1.29 is 14.2 Å². The van der Waals surface area contributed by atoms with Crippen LogP contribution in [-0.2, 0) is 0 Å². The van der Waals surface area contributed by atoms with Crippen molar-refractivity contribution in [3.8, 4) is 28.5 Å². The molecule has 0 radical (unpaired) electrons. The maximum absolute atomic E-state index is 7.66. The van der Waals surface area contributed by atoms with Gasteiger partial charge in [0, 0.05) is 28.8 Å². The Bertz CT molecular complexity index is 975. The van der Waals surface area contributed by atoms with Gasteiger partial charge in [0.05, 0.1) is 36.1 Å². The monoisotopic (exact) mass is 436 g/mol. The van der Waals surface area contributed by atoms with E-state index in [1.807, 2.05) is 29.8 Å². The number of anilines is 2. The van der Waals surface area contributed by atoms with Gasteiger partial charge in [-0.1, -0.05) is 0 Å². The Morgan fingerprint density at radius 3 is 2.36 bits per heavy atom. The number of nitrogens with two attached hydrogens (primary N) is 1. The van der Waals surface area contributed by atoms with Gasteiger partial charge in [0.25, 0.3) is 0 Å². The van der Waals surface area contributed by atoms with Crippen LogP contribution in [0.25, 0.3) is 11.3 Å². The van der Waals surface area contributed by atoms with Gasteiger partial charge < -0.3 is 25.3 Å². The fraction of sp³-hybridized carbons (Fsp3) is 0.222. The molecule has 1 aromatic carbocycles. The third-order valence-corrected chi connectivity index (χ3v) is 6.91. The Hall–Kier alpha value is -2.43. The van der Waals surface area contributed by atoms with Crippen molar-refractivity contribution in [1.29, 1.82) is 5.41 Å². The number of amidine groups is 1. The van der Waals surface area contributed by atoms with Crippen LogP contribution in [0.1, 0.15) is 4.88 Å². The number of benzene rings is 1. The number of nitrogens with zero attached hydrogens (tertiary/aromatic N) is 1. The van der Waals surface area contributed by atoms with Crippen LogP contribution in [0.15, 0.2) is 27.8 Å². The van der Waals surface area contributed by atoms with Crippen LogP contribution in [-0.4, -0.2) is 38.4 Å². The van der Waals surface area contributed by atoms with E-state index in [0.717, 1.165) is 31.2 Å². The summed E-state index contributed by atoms with van der Waals surface area (Å²) < 4.78 is 17.2. The molecule has 0 aliphatic rings. The molecule has 28 heavy (non-hydrogen) atoms. The zero-order chi connectivity index (χ0) is 20.3. The van der Waals surface area contributed by atoms with Crippen LogP contribution in [0.5, 0.6) is 17.2 Å². The summed E-state index contributed by atoms with van der Waals surface area (Å²) >= 11 is 4.61. The summed E-state index contributed by atoms with van der Waals surface area (Å²) in [6.45, 7) is 0. The van der Waals surface area contributed by atoms with Crippen LogP contribution in [0.2, 0.25) is 0 Å². The summed E-state index contributed by atoms with van der Waals surface area (Å²) in [4.78, 5) is 5.43. The zero-order valence-electron chi connectivity index (χ0n) is 15.8. The number of nitrogens with one attached hydrogen (secondary N) is 2. The highest BCUT2D eigenvalue weighted by atomic mass is 32.2. The van der Waals surface area contributed by atoms with Crippen LogP contribution >= 0.6 is 34.4 Å². The Morgan fingerprint density at radius 2 is 1.82 bits per heavy atom. The van der Waals surface area contributed by atoms with Crippen molar-refractivity contribution >= 4 is 51.1 Å². The van der Waals surface area contributed by atoms with Gasteiger partial charge in [-0.15, -0.1) is 34.4 Å². The van der Waals surface area contributed by atoms with Crippen molar-refractivity contribution in [3.63, 3.8) is 0 Å². The number of thiophene rings is 1. The van der Waals surface area contributed by atoms with Crippen molar-refractivity contribution in [2.45, 2.75) is 4.21 Å². The minimum atomic E-state index is 0.0672. The lowest BCUT2D eigenvalue weighted by atomic mass is 10.2. The fourth-order valence-corrected chi connectivity index (χ4v) is 5.05. The van der Waals surface area contributed by atoms with Gasteiger partial charge in [0.15, 0.2) is 16.6 Å². The molecule has 0 aliphatic heterocycles. The van der Waals surface area contributed by atoms with E-state index in [9.17, 15) is 0 Å². The first kappa shape index (κ1) is 20.3. The van der Waals surface area contributed by atoms with Crippen LogP contribution in [0.4, 0.5) is 10.8 Å². The van der Waals surface area contributed by atoms with Crippen molar-refractivity contribution in [2.24, 2.45) is 5.73 Å². The average molecular weight is 437 g/mol. The Labute approximate surface area is 175 Å². The average Bonchev–Trinajstić information content (AvgIpc) is 3.33. The number of thioether (sulfide) groups is 1. The number of methoxy groups -OCH3 is 3. The van der Waals surface area contributed by atoms with Crippen molar-refractivity contribution in [3.05, 3.63) is 28.5 Å². The standard InChI is InChI=1S/C18H20N4O3S3/c1-23-12-5-9(6-13(24-2)15(12)25-3)21-18-22-11(8-27-18)10-7-14(16(19)20)28-17(10)26-4/h5-8H,1-4H3,(H3,19,20)(H,21,22). The largest absolute Gasteiger partial charge is 0.493 e. The first-order valence-electron chi connectivity index (χ1n) is 8.05. The van der Waals surface area contributed by atoms with E-state index in [1.54, 1.807) is 33.1 Å². The van der Waals surface area contributed by atoms with E-state index < -0.39 is 0 Å². The maximum Gasteiger partial charge on any atom is 0.203 e. The zero-order valence-corrected chi connectivity index (χ0v) is 18.2. The molecule has 4 N–H and O–H groups in total. The van der Waals surface area contributed by atoms with Crippen LogP contribution in [0.3, 0.4) is 0 Å². The highest BCUT2D eigenvalue weighted by Gasteiger charge is 2.17. The minimum absolute atomic E-state index is 0.0672. The first-order valence-corrected chi connectivity index (χ1v) is 11.0. The van der Waals surface area contributed by atoms with Gasteiger partial charge in [-0.3, -0.25) is 5.41 Å². The lowest BCUT2D eigenvalue weighted by molar-refractivity contribution is 0.324. The summed E-state index contributed by atoms with van der Waals surface area (Å²) in [7, 11) is 4.73. The minimum Gasteiger partial charge on any atom is -0.493 e. The molecule has 2 aromatic heterocycles. The molecule has 0 saturated carbocycles. The smallest absolute Gasteiger partial charge is 0.203 e. The number of nitrogen functional groups attached to an aromatic ring is 1. The van der Waals surface area contributed by atoms with Crippen molar-refractivity contribution in [2.75, 3.05) is 32.9 Å². The summed E-state index contributed by atoms with van der Waals surface area (Å²) in [6, 6.07) is 5.57. The molecule has 0 bridgehead atoms. The van der Waals surface area contributed by atoms with E-state index >= 15 is 0 Å². The first-order chi connectivity index (χ1) is 13.5. The van der Waals surface area contributed by atoms with Gasteiger partial charge in [-0.2, -0.15) is 0 Å². The molecule has 0 unspecified atom stereocenters. The SMILES string of the molecule is COc1cc(Nc2nc(-c3cc(C(=N)N)sc3SC)cs2)cc(OC)c1OC. The van der Waals surface area contributed by atoms with Gasteiger partial charge in [-0.05, 0) is 12.3 Å². The summed E-state index contributed by atoms with van der Waals surface area (Å²) in [5.41, 5.74) is 8.23. The molecular formula is C18H20N4O3S3. The molecule has 0 fully saturated rings. The molecule has 0 amide bonds. The lowest BCUT2D eigenvalue weighted by Gasteiger charge is -2.14. The number of ether oxygens (including phenoxy) is 3. The second-order valence-corrected chi connectivity index (χ2v) is 8.49. The third-order valence-electron chi connectivity index (χ3n) is 3.84. The van der Waals surface area contributed by atoms with Gasteiger partial charge >= 0.3 is 0 Å². The Morgan fingerprint density at radius 1 is 1.14 bits per heavy atom. The Kier molecular flexibility index (Phi) is 6.32. The molecule has 0 atom stereocenters. The third kappa shape index (κ3) is 4.03. The topological polar surface area (TPSA) is 102 Å². The van der Waals surface area contributed by atoms with E-state index in [1.165, 1.54) is 22.7 Å². The second kappa shape index (κ2) is 8.72. The number of aromatic nitrogens is 1. The van der Waals surface area contributed by atoms with E-state index in [-0.39, 0.29) is 5.84 Å². The highest BCUT2D eigenvalue weighted by Crippen LogP contribution is 2.42. The predicted octanol–water partition coefficient (Wildman–Crippen LogP) is 4.65. The Balaban J connectivity index is 1.91. The van der Waals surface area contributed by atoms with Crippen LogP contribution < -0.4 is 25.3 Å². The molecular weight excluding hydrogens is 416 g/mol. The van der Waals surface area contributed by atoms with Gasteiger partial charge in [-0.25, -0.2) is 4.98 Å². The van der Waals surface area contributed by atoms with E-state index in [0.29, 0.717) is 17.2 Å². The molecule has 3 aromatic rings. The summed E-state index contributed by atoms with van der Waals surface area (Å²) in [5.74, 6) is 1.73. The normalized spacial score (nSPS) is 10.6. The molecule has 2 heterocycles. The van der Waals surface area contributed by atoms with Gasteiger partial charge in [0.1, 0.15) is 5.84 Å². The summed E-state index contributed by atoms with van der Waals surface area (Å²) in [6.07, 6.45) is 2.00. The highest BCUT2D eigenvalue weighted by molar-refractivity contribution is 8.00. The lowest BCUT2D eigenvalue weighted by Crippen LogP contribution is -2.08. The van der Waals surface area contributed by atoms with Crippen LogP contribution in [0, 0.1) is 5.41 Å². The molecule has 3 rings (SSSR count). The molecule has 148 valence electrons. The molecule has 0 spiro atoms. The number of thiazole rings is 1. The molecule has 0 aliphatic carbocycles. The molecule has 0 saturated heterocycles. The van der Waals surface area contributed by atoms with E-state index in [4.69, 9.17) is 25.4 Å². The number of rotatable bonds is 8. The summed E-state index contributed by atoms with van der Waals surface area (Å²) in [5, 5.41) is 13.7. The molecule has 7 nitrogen and oxygen atoms in total. The fourth-order valence-electron chi connectivity index (χ4n) is 2.57. The quantitative estimate of drug-likeness (QED) is 0.268.